The Labute approximate surface area is 56.3 Å². The van der Waals surface area contributed by atoms with E-state index in [1.807, 2.05) is 0 Å². The summed E-state index contributed by atoms with van der Waals surface area (Å²) < 4.78 is 0. The highest BCUT2D eigenvalue weighted by atomic mass is 35.5. The van der Waals surface area contributed by atoms with Crippen molar-refractivity contribution in [1.82, 2.24) is 5.32 Å². The number of halogens is 1. The Kier molecular flexibility index (Phi) is 1.78. The van der Waals surface area contributed by atoms with Crippen LogP contribution in [0.4, 0.5) is 0 Å². The van der Waals surface area contributed by atoms with Crippen LogP contribution >= 0.6 is 12.4 Å². The number of hydrogen-bond donors (Lipinski definition) is 1. The van der Waals surface area contributed by atoms with Crippen LogP contribution in [0.25, 0.3) is 0 Å². The second kappa shape index (κ2) is 2.24. The fourth-order valence-electron chi connectivity index (χ4n) is 1.69. The van der Waals surface area contributed by atoms with Crippen molar-refractivity contribution in [2.75, 3.05) is 6.54 Å². The van der Waals surface area contributed by atoms with Crippen molar-refractivity contribution in [3.63, 3.8) is 0 Å². The van der Waals surface area contributed by atoms with Crippen molar-refractivity contribution in [3.05, 3.63) is 0 Å². The molecule has 0 spiro atoms. The van der Waals surface area contributed by atoms with Crippen LogP contribution < -0.4 is 5.32 Å². The largest absolute Gasteiger partial charge is 0.313 e. The minimum absolute atomic E-state index is 0. The van der Waals surface area contributed by atoms with Crippen molar-refractivity contribution in [1.29, 1.82) is 0 Å². The van der Waals surface area contributed by atoms with Gasteiger partial charge >= 0.3 is 0 Å². The monoisotopic (exact) mass is 133 g/mol. The molecule has 0 aromatic carbocycles. The molecule has 48 valence electrons. The molecule has 1 aliphatic heterocycles. The SMILES string of the molecule is C1C[C@@H]2CN[C@@H]2C1.Cl. The van der Waals surface area contributed by atoms with Gasteiger partial charge in [0, 0.05) is 6.04 Å². The predicted molar refractivity (Wildman–Crippen MR) is 36.4 cm³/mol. The molecule has 0 bridgehead atoms. The molecule has 2 fully saturated rings. The van der Waals surface area contributed by atoms with Crippen molar-refractivity contribution < 1.29 is 0 Å². The first-order valence-electron chi connectivity index (χ1n) is 3.20. The van der Waals surface area contributed by atoms with E-state index >= 15 is 0 Å². The third-order valence-corrected chi connectivity index (χ3v) is 2.30. The molecule has 1 aliphatic carbocycles. The average Bonchev–Trinajstić information content (AvgIpc) is 1.85. The molecular formula is C6H12ClN. The molecule has 1 saturated heterocycles. The summed E-state index contributed by atoms with van der Waals surface area (Å²) in [6, 6.07) is 0.944. The van der Waals surface area contributed by atoms with Crippen LogP contribution in [0.1, 0.15) is 19.3 Å². The molecule has 1 nitrogen and oxygen atoms in total. The van der Waals surface area contributed by atoms with E-state index in [-0.39, 0.29) is 12.4 Å². The highest BCUT2D eigenvalue weighted by Crippen LogP contribution is 2.30. The molecule has 0 amide bonds. The smallest absolute Gasteiger partial charge is 0.0108 e. The van der Waals surface area contributed by atoms with Crippen LogP contribution in [0.3, 0.4) is 0 Å². The van der Waals surface area contributed by atoms with Gasteiger partial charge in [0.25, 0.3) is 0 Å². The summed E-state index contributed by atoms with van der Waals surface area (Å²) in [4.78, 5) is 0. The third-order valence-electron chi connectivity index (χ3n) is 2.30. The lowest BCUT2D eigenvalue weighted by atomic mass is 9.96. The highest BCUT2D eigenvalue weighted by Gasteiger charge is 2.33. The second-order valence-electron chi connectivity index (χ2n) is 2.71. The van der Waals surface area contributed by atoms with Crippen molar-refractivity contribution in [3.8, 4) is 0 Å². The van der Waals surface area contributed by atoms with Crippen molar-refractivity contribution in [2.24, 2.45) is 5.92 Å². The quantitative estimate of drug-likeness (QED) is 0.524. The zero-order valence-electron chi connectivity index (χ0n) is 4.89. The molecule has 0 aromatic heterocycles. The maximum absolute atomic E-state index is 3.41. The predicted octanol–water partition coefficient (Wildman–Crippen LogP) is 1.18. The van der Waals surface area contributed by atoms with E-state index < -0.39 is 0 Å². The Morgan fingerprint density at radius 2 is 2.12 bits per heavy atom. The number of rotatable bonds is 0. The van der Waals surface area contributed by atoms with Crippen LogP contribution in [0, 0.1) is 5.92 Å². The first-order chi connectivity index (χ1) is 3.47. The summed E-state index contributed by atoms with van der Waals surface area (Å²) in [5.41, 5.74) is 0. The van der Waals surface area contributed by atoms with Gasteiger partial charge in [-0.3, -0.25) is 0 Å². The van der Waals surface area contributed by atoms with Crippen LogP contribution in [0.5, 0.6) is 0 Å². The van der Waals surface area contributed by atoms with E-state index in [9.17, 15) is 0 Å². The molecule has 2 atom stereocenters. The zero-order chi connectivity index (χ0) is 4.69. The first kappa shape index (κ1) is 6.37. The molecule has 0 radical (unpaired) electrons. The summed E-state index contributed by atoms with van der Waals surface area (Å²) in [6.07, 6.45) is 4.42. The fraction of sp³-hybridized carbons (Fsp3) is 1.00. The number of nitrogens with one attached hydrogen (secondary N) is 1. The van der Waals surface area contributed by atoms with E-state index in [0.29, 0.717) is 0 Å². The van der Waals surface area contributed by atoms with Gasteiger partial charge in [-0.2, -0.15) is 0 Å². The molecule has 1 saturated carbocycles. The van der Waals surface area contributed by atoms with E-state index in [2.05, 4.69) is 5.32 Å². The standard InChI is InChI=1S/C6H11N.ClH/c1-2-5-4-7-6(5)3-1;/h5-7H,1-4H2;1H/t5-,6-;/m1./s1. The van der Waals surface area contributed by atoms with Gasteiger partial charge in [0.1, 0.15) is 0 Å². The minimum atomic E-state index is 0. The Hall–Kier alpha value is 0.250. The zero-order valence-corrected chi connectivity index (χ0v) is 5.71. The van der Waals surface area contributed by atoms with Gasteiger partial charge in [-0.15, -0.1) is 12.4 Å². The van der Waals surface area contributed by atoms with Gasteiger partial charge in [0.2, 0.25) is 0 Å². The highest BCUT2D eigenvalue weighted by molar-refractivity contribution is 5.85. The first-order valence-corrected chi connectivity index (χ1v) is 3.20. The average molecular weight is 134 g/mol. The molecule has 0 aromatic rings. The van der Waals surface area contributed by atoms with E-state index in [0.717, 1.165) is 12.0 Å². The topological polar surface area (TPSA) is 12.0 Å². The van der Waals surface area contributed by atoms with Gasteiger partial charge in [0.05, 0.1) is 0 Å². The summed E-state index contributed by atoms with van der Waals surface area (Å²) >= 11 is 0. The molecule has 0 unspecified atom stereocenters. The van der Waals surface area contributed by atoms with Crippen LogP contribution in [-0.2, 0) is 0 Å². The van der Waals surface area contributed by atoms with E-state index in [1.54, 1.807) is 0 Å². The Balaban J connectivity index is 0.000000320. The molecular weight excluding hydrogens is 122 g/mol. The van der Waals surface area contributed by atoms with Gasteiger partial charge in [-0.25, -0.2) is 0 Å². The Bertz CT molecular complexity index is 74.6. The van der Waals surface area contributed by atoms with Gasteiger partial charge in [-0.05, 0) is 25.3 Å². The number of fused-ring (bicyclic) bond motifs is 1. The summed E-state index contributed by atoms with van der Waals surface area (Å²) in [6.45, 7) is 1.31. The van der Waals surface area contributed by atoms with E-state index in [1.165, 1.54) is 25.8 Å². The Morgan fingerprint density at radius 3 is 2.38 bits per heavy atom. The summed E-state index contributed by atoms with van der Waals surface area (Å²) in [5, 5.41) is 3.41. The van der Waals surface area contributed by atoms with Gasteiger partial charge < -0.3 is 5.32 Å². The minimum Gasteiger partial charge on any atom is -0.313 e. The molecule has 2 aliphatic rings. The maximum Gasteiger partial charge on any atom is 0.0108 e. The summed E-state index contributed by atoms with van der Waals surface area (Å²) in [7, 11) is 0. The normalized spacial score (nSPS) is 42.0. The fourth-order valence-corrected chi connectivity index (χ4v) is 1.69. The van der Waals surface area contributed by atoms with Crippen molar-refractivity contribution in [2.45, 2.75) is 25.3 Å². The lowest BCUT2D eigenvalue weighted by molar-refractivity contribution is 0.274. The Morgan fingerprint density at radius 1 is 1.25 bits per heavy atom. The van der Waals surface area contributed by atoms with Gasteiger partial charge in [-0.1, -0.05) is 6.42 Å². The van der Waals surface area contributed by atoms with Crippen molar-refractivity contribution >= 4 is 12.4 Å². The van der Waals surface area contributed by atoms with E-state index in [4.69, 9.17) is 0 Å². The molecule has 2 rings (SSSR count). The third kappa shape index (κ3) is 0.741. The molecule has 1 heterocycles. The maximum atomic E-state index is 3.41. The molecule has 8 heavy (non-hydrogen) atoms. The molecule has 2 heteroatoms. The summed E-state index contributed by atoms with van der Waals surface area (Å²) in [5.74, 6) is 1.08. The van der Waals surface area contributed by atoms with Crippen LogP contribution in [-0.4, -0.2) is 12.6 Å². The van der Waals surface area contributed by atoms with Crippen LogP contribution in [0.15, 0.2) is 0 Å². The lowest BCUT2D eigenvalue weighted by Crippen LogP contribution is -2.49. The number of hydrogen-bond acceptors (Lipinski definition) is 1. The molecule has 1 N–H and O–H groups in total. The van der Waals surface area contributed by atoms with Crippen LogP contribution in [0.2, 0.25) is 0 Å². The second-order valence-corrected chi connectivity index (χ2v) is 2.71. The van der Waals surface area contributed by atoms with Gasteiger partial charge in [0.15, 0.2) is 0 Å². The lowest BCUT2D eigenvalue weighted by Gasteiger charge is -2.31.